The first-order valence-corrected chi connectivity index (χ1v) is 7.03. The molecule has 0 atom stereocenters. The van der Waals surface area contributed by atoms with Crippen molar-refractivity contribution >= 4 is 40.4 Å². The van der Waals surface area contributed by atoms with Crippen LogP contribution in [0.3, 0.4) is 0 Å². The highest BCUT2D eigenvalue weighted by Crippen LogP contribution is 2.13. The Kier molecular flexibility index (Phi) is 4.97. The van der Waals surface area contributed by atoms with E-state index in [2.05, 4.69) is 16.2 Å². The van der Waals surface area contributed by atoms with Gasteiger partial charge in [-0.2, -0.15) is 0 Å². The molecular formula is C13H12ClN3O2S. The second-order valence-corrected chi connectivity index (χ2v) is 5.23. The zero-order chi connectivity index (χ0) is 14.4. The Morgan fingerprint density at radius 2 is 2.05 bits per heavy atom. The van der Waals surface area contributed by atoms with E-state index in [1.807, 2.05) is 0 Å². The van der Waals surface area contributed by atoms with Gasteiger partial charge in [0.1, 0.15) is 0 Å². The van der Waals surface area contributed by atoms with Crippen molar-refractivity contribution in [1.82, 2.24) is 10.7 Å². The summed E-state index contributed by atoms with van der Waals surface area (Å²) in [6.45, 7) is -0.107. The van der Waals surface area contributed by atoms with E-state index in [9.17, 15) is 9.59 Å². The molecule has 0 saturated heterocycles. The van der Waals surface area contributed by atoms with Gasteiger partial charge in [-0.05, 0) is 29.6 Å². The average molecular weight is 310 g/mol. The SMILES string of the molecule is O=C(CNC(=O)c1cccs1)NNc1cccc(Cl)c1. The molecule has 0 unspecified atom stereocenters. The molecule has 0 aliphatic carbocycles. The number of carbonyl (C=O) groups excluding carboxylic acids is 2. The Labute approximate surface area is 124 Å². The Morgan fingerprint density at radius 1 is 1.20 bits per heavy atom. The second kappa shape index (κ2) is 6.93. The van der Waals surface area contributed by atoms with Crippen molar-refractivity contribution in [3.8, 4) is 0 Å². The molecule has 0 aliphatic heterocycles. The van der Waals surface area contributed by atoms with E-state index in [4.69, 9.17) is 11.6 Å². The molecular weight excluding hydrogens is 298 g/mol. The van der Waals surface area contributed by atoms with Gasteiger partial charge in [0.2, 0.25) is 0 Å². The van der Waals surface area contributed by atoms with Crippen LogP contribution in [0, 0.1) is 0 Å². The number of thiophene rings is 1. The Bertz CT molecular complexity index is 601. The molecule has 5 nitrogen and oxygen atoms in total. The molecule has 0 fully saturated rings. The van der Waals surface area contributed by atoms with Crippen molar-refractivity contribution in [2.45, 2.75) is 0 Å². The quantitative estimate of drug-likeness (QED) is 0.742. The summed E-state index contributed by atoms with van der Waals surface area (Å²) >= 11 is 7.13. The lowest BCUT2D eigenvalue weighted by atomic mass is 10.3. The van der Waals surface area contributed by atoms with Gasteiger partial charge in [0.15, 0.2) is 0 Å². The predicted octanol–water partition coefficient (Wildman–Crippen LogP) is 2.27. The summed E-state index contributed by atoms with van der Waals surface area (Å²) < 4.78 is 0. The standard InChI is InChI=1S/C13H12ClN3O2S/c14-9-3-1-4-10(7-9)16-17-12(18)8-15-13(19)11-5-2-6-20-11/h1-7,16H,8H2,(H,15,19)(H,17,18). The van der Waals surface area contributed by atoms with Gasteiger partial charge in [-0.15, -0.1) is 11.3 Å². The fraction of sp³-hybridized carbons (Fsp3) is 0.0769. The minimum absolute atomic E-state index is 0.107. The third kappa shape index (κ3) is 4.25. The highest BCUT2D eigenvalue weighted by molar-refractivity contribution is 7.12. The fourth-order valence-electron chi connectivity index (χ4n) is 1.41. The molecule has 2 amide bonds. The topological polar surface area (TPSA) is 70.2 Å². The number of carbonyl (C=O) groups is 2. The lowest BCUT2D eigenvalue weighted by Crippen LogP contribution is -2.39. The highest BCUT2D eigenvalue weighted by Gasteiger charge is 2.08. The number of amides is 2. The number of hydrogen-bond donors (Lipinski definition) is 3. The fourth-order valence-corrected chi connectivity index (χ4v) is 2.24. The third-order valence-corrected chi connectivity index (χ3v) is 3.43. The minimum atomic E-state index is -0.352. The number of rotatable bonds is 5. The lowest BCUT2D eigenvalue weighted by Gasteiger charge is -2.09. The third-order valence-electron chi connectivity index (χ3n) is 2.33. The molecule has 1 heterocycles. The monoisotopic (exact) mass is 309 g/mol. The lowest BCUT2D eigenvalue weighted by molar-refractivity contribution is -0.119. The predicted molar refractivity (Wildman–Crippen MR) is 79.9 cm³/mol. The summed E-state index contributed by atoms with van der Waals surface area (Å²) in [6.07, 6.45) is 0. The first-order chi connectivity index (χ1) is 9.65. The largest absolute Gasteiger partial charge is 0.342 e. The highest BCUT2D eigenvalue weighted by atomic mass is 35.5. The maximum atomic E-state index is 11.6. The molecule has 2 aromatic rings. The van der Waals surface area contributed by atoms with Crippen LogP contribution in [0.1, 0.15) is 9.67 Å². The second-order valence-electron chi connectivity index (χ2n) is 3.84. The van der Waals surface area contributed by atoms with E-state index in [0.717, 1.165) is 0 Å². The number of hydrogen-bond acceptors (Lipinski definition) is 4. The number of hydrazine groups is 1. The molecule has 0 radical (unpaired) electrons. The molecule has 0 bridgehead atoms. The molecule has 0 aliphatic rings. The van der Waals surface area contributed by atoms with Crippen LogP contribution in [0.4, 0.5) is 5.69 Å². The van der Waals surface area contributed by atoms with E-state index in [1.54, 1.807) is 41.8 Å². The van der Waals surface area contributed by atoms with Crippen LogP contribution in [0.5, 0.6) is 0 Å². The normalized spacial score (nSPS) is 9.85. The molecule has 0 spiro atoms. The minimum Gasteiger partial charge on any atom is -0.342 e. The van der Waals surface area contributed by atoms with Crippen LogP contribution in [0.25, 0.3) is 0 Å². The molecule has 104 valence electrons. The smallest absolute Gasteiger partial charge is 0.261 e. The van der Waals surface area contributed by atoms with Crippen molar-refractivity contribution in [2.24, 2.45) is 0 Å². The van der Waals surface area contributed by atoms with Gasteiger partial charge in [0.25, 0.3) is 11.8 Å². The van der Waals surface area contributed by atoms with Gasteiger partial charge in [0, 0.05) is 5.02 Å². The summed E-state index contributed by atoms with van der Waals surface area (Å²) in [5, 5.41) is 4.89. The van der Waals surface area contributed by atoms with E-state index in [1.165, 1.54) is 11.3 Å². The molecule has 20 heavy (non-hydrogen) atoms. The van der Waals surface area contributed by atoms with Crippen LogP contribution in [-0.2, 0) is 4.79 Å². The summed E-state index contributed by atoms with van der Waals surface area (Å²) in [4.78, 5) is 23.7. The zero-order valence-electron chi connectivity index (χ0n) is 10.4. The van der Waals surface area contributed by atoms with Gasteiger partial charge < -0.3 is 5.32 Å². The summed E-state index contributed by atoms with van der Waals surface area (Å²) in [7, 11) is 0. The average Bonchev–Trinajstić information content (AvgIpc) is 2.97. The van der Waals surface area contributed by atoms with Gasteiger partial charge in [-0.3, -0.25) is 20.4 Å². The molecule has 2 rings (SSSR count). The van der Waals surface area contributed by atoms with E-state index in [-0.39, 0.29) is 18.4 Å². The maximum Gasteiger partial charge on any atom is 0.261 e. The Morgan fingerprint density at radius 3 is 2.75 bits per heavy atom. The van der Waals surface area contributed by atoms with Crippen molar-refractivity contribution in [2.75, 3.05) is 12.0 Å². The maximum absolute atomic E-state index is 11.6. The number of anilines is 1. The summed E-state index contributed by atoms with van der Waals surface area (Å²) in [6, 6.07) is 10.4. The molecule has 7 heteroatoms. The number of halogens is 1. The van der Waals surface area contributed by atoms with Crippen LogP contribution < -0.4 is 16.2 Å². The van der Waals surface area contributed by atoms with E-state index in [0.29, 0.717) is 15.6 Å². The summed E-state index contributed by atoms with van der Waals surface area (Å²) in [5.74, 6) is -0.618. The van der Waals surface area contributed by atoms with Crippen molar-refractivity contribution in [3.05, 3.63) is 51.7 Å². The van der Waals surface area contributed by atoms with E-state index >= 15 is 0 Å². The van der Waals surface area contributed by atoms with Crippen LogP contribution in [0.2, 0.25) is 5.02 Å². The van der Waals surface area contributed by atoms with Crippen LogP contribution in [0.15, 0.2) is 41.8 Å². The van der Waals surface area contributed by atoms with Gasteiger partial charge >= 0.3 is 0 Å². The summed E-state index contributed by atoms with van der Waals surface area (Å²) in [5.41, 5.74) is 5.84. The molecule has 3 N–H and O–H groups in total. The zero-order valence-corrected chi connectivity index (χ0v) is 11.9. The van der Waals surface area contributed by atoms with Crippen molar-refractivity contribution in [3.63, 3.8) is 0 Å². The Hall–Kier alpha value is -2.05. The number of nitrogens with one attached hydrogen (secondary N) is 3. The first kappa shape index (κ1) is 14.4. The van der Waals surface area contributed by atoms with Gasteiger partial charge in [0.05, 0.1) is 17.1 Å². The van der Waals surface area contributed by atoms with Crippen molar-refractivity contribution < 1.29 is 9.59 Å². The first-order valence-electron chi connectivity index (χ1n) is 5.77. The Balaban J connectivity index is 1.74. The van der Waals surface area contributed by atoms with Gasteiger partial charge in [-0.1, -0.05) is 23.7 Å². The van der Waals surface area contributed by atoms with E-state index < -0.39 is 0 Å². The van der Waals surface area contributed by atoms with Crippen LogP contribution >= 0.6 is 22.9 Å². The molecule has 1 aromatic heterocycles. The van der Waals surface area contributed by atoms with Gasteiger partial charge in [-0.25, -0.2) is 0 Å². The molecule has 1 aromatic carbocycles. The van der Waals surface area contributed by atoms with Crippen molar-refractivity contribution in [1.29, 1.82) is 0 Å². The van der Waals surface area contributed by atoms with Crippen LogP contribution in [-0.4, -0.2) is 18.4 Å². The number of benzene rings is 1. The molecule has 0 saturated carbocycles.